The fourth-order valence-corrected chi connectivity index (χ4v) is 0.647. The second kappa shape index (κ2) is 6.24. The largest absolute Gasteiger partial charge is 0.480 e. The molecular weight excluding hydrogens is 200 g/mol. The first kappa shape index (κ1) is 14.2. The first-order chi connectivity index (χ1) is 5.43. The molecule has 6 nitrogen and oxygen atoms in total. The van der Waals surface area contributed by atoms with Crippen molar-refractivity contribution in [1.29, 1.82) is 0 Å². The van der Waals surface area contributed by atoms with Crippen LogP contribution in [0, 0.1) is 0 Å². The van der Waals surface area contributed by atoms with Gasteiger partial charge in [0.15, 0.2) is 0 Å². The summed E-state index contributed by atoms with van der Waals surface area (Å²) in [4.78, 5) is 31.1. The summed E-state index contributed by atoms with van der Waals surface area (Å²) >= 11 is 0. The molecule has 7 heteroatoms. The van der Waals surface area contributed by atoms with Gasteiger partial charge in [0, 0.05) is 6.92 Å². The van der Waals surface area contributed by atoms with Gasteiger partial charge in [0.25, 0.3) is 0 Å². The summed E-state index contributed by atoms with van der Waals surface area (Å²) in [6, 6.07) is -1.22. The van der Waals surface area contributed by atoms with E-state index < -0.39 is 30.2 Å². The van der Waals surface area contributed by atoms with Crippen molar-refractivity contribution >= 4 is 30.2 Å². The summed E-state index contributed by atoms with van der Waals surface area (Å²) < 4.78 is 0. The zero-order chi connectivity index (χ0) is 9.72. The minimum Gasteiger partial charge on any atom is -0.480 e. The maximum atomic E-state index is 10.4. The van der Waals surface area contributed by atoms with Gasteiger partial charge in [-0.25, -0.2) is 4.79 Å². The molecule has 0 saturated heterocycles. The van der Waals surface area contributed by atoms with Gasteiger partial charge < -0.3 is 16.2 Å². The van der Waals surface area contributed by atoms with Crippen LogP contribution >= 0.6 is 12.4 Å². The van der Waals surface area contributed by atoms with Gasteiger partial charge in [-0.2, -0.15) is 0 Å². The molecular formula is C6H11ClN2O4. The zero-order valence-electron chi connectivity index (χ0n) is 6.94. The summed E-state index contributed by atoms with van der Waals surface area (Å²) in [5.41, 5.74) is 4.75. The predicted molar refractivity (Wildman–Crippen MR) is 46.3 cm³/mol. The molecule has 0 bridgehead atoms. The predicted octanol–water partition coefficient (Wildman–Crippen LogP) is -1.13. The van der Waals surface area contributed by atoms with E-state index >= 15 is 0 Å². The topological polar surface area (TPSA) is 109 Å². The van der Waals surface area contributed by atoms with Gasteiger partial charge in [0.05, 0.1) is 6.42 Å². The fourth-order valence-electron chi connectivity index (χ4n) is 0.647. The van der Waals surface area contributed by atoms with E-state index in [1.165, 1.54) is 0 Å². The number of hydrogen-bond donors (Lipinski definition) is 3. The van der Waals surface area contributed by atoms with Crippen LogP contribution in [-0.4, -0.2) is 28.9 Å². The molecule has 0 unspecified atom stereocenters. The summed E-state index contributed by atoms with van der Waals surface area (Å²) in [7, 11) is 0. The molecule has 0 fully saturated rings. The first-order valence-electron chi connectivity index (χ1n) is 3.21. The van der Waals surface area contributed by atoms with Crippen LogP contribution in [0.1, 0.15) is 13.3 Å². The average molecular weight is 211 g/mol. The number of carbonyl (C=O) groups excluding carboxylic acids is 2. The number of carbonyl (C=O) groups is 3. The molecule has 0 aromatic carbocycles. The lowest BCUT2D eigenvalue weighted by Crippen LogP contribution is -2.42. The molecule has 0 radical (unpaired) electrons. The monoisotopic (exact) mass is 210 g/mol. The quantitative estimate of drug-likeness (QED) is 0.546. The second-order valence-corrected chi connectivity index (χ2v) is 2.26. The lowest BCUT2D eigenvalue weighted by molar-refractivity contribution is -0.143. The number of rotatable bonds is 4. The van der Waals surface area contributed by atoms with E-state index in [2.05, 4.69) is 5.32 Å². The first-order valence-corrected chi connectivity index (χ1v) is 3.21. The van der Waals surface area contributed by atoms with Gasteiger partial charge in [0.2, 0.25) is 11.8 Å². The van der Waals surface area contributed by atoms with Crippen LogP contribution in [0.15, 0.2) is 0 Å². The Morgan fingerprint density at radius 1 is 1.46 bits per heavy atom. The molecule has 0 spiro atoms. The van der Waals surface area contributed by atoms with Crippen molar-refractivity contribution in [3.8, 4) is 0 Å². The number of primary amides is 1. The van der Waals surface area contributed by atoms with E-state index in [0.29, 0.717) is 0 Å². The zero-order valence-corrected chi connectivity index (χ0v) is 7.76. The van der Waals surface area contributed by atoms with Crippen LogP contribution in [0.4, 0.5) is 0 Å². The molecule has 0 aliphatic rings. The minimum atomic E-state index is -1.27. The van der Waals surface area contributed by atoms with E-state index in [1.54, 1.807) is 0 Å². The summed E-state index contributed by atoms with van der Waals surface area (Å²) in [6.45, 7) is 1.16. The highest BCUT2D eigenvalue weighted by Gasteiger charge is 2.20. The number of aliphatic carboxylic acids is 1. The number of hydrogen-bond acceptors (Lipinski definition) is 3. The Kier molecular flexibility index (Phi) is 6.84. The minimum absolute atomic E-state index is 0. The number of carboxylic acid groups (broad SMARTS) is 1. The molecule has 2 amide bonds. The van der Waals surface area contributed by atoms with Crippen molar-refractivity contribution in [3.05, 3.63) is 0 Å². The molecule has 0 saturated carbocycles. The molecule has 76 valence electrons. The van der Waals surface area contributed by atoms with Crippen molar-refractivity contribution in [2.24, 2.45) is 5.73 Å². The maximum Gasteiger partial charge on any atom is 0.326 e. The smallest absolute Gasteiger partial charge is 0.326 e. The number of nitrogens with one attached hydrogen (secondary N) is 1. The van der Waals surface area contributed by atoms with Crippen LogP contribution < -0.4 is 11.1 Å². The number of nitrogens with two attached hydrogens (primary N) is 1. The molecule has 13 heavy (non-hydrogen) atoms. The molecule has 0 aromatic heterocycles. The highest BCUT2D eigenvalue weighted by molar-refractivity contribution is 5.87. The van der Waals surface area contributed by atoms with E-state index in [-0.39, 0.29) is 12.4 Å². The normalized spacial score (nSPS) is 10.8. The molecule has 0 heterocycles. The van der Waals surface area contributed by atoms with Gasteiger partial charge >= 0.3 is 5.97 Å². The highest BCUT2D eigenvalue weighted by atomic mass is 35.5. The van der Waals surface area contributed by atoms with Gasteiger partial charge in [-0.3, -0.25) is 9.59 Å². The van der Waals surface area contributed by atoms with Crippen LogP contribution in [-0.2, 0) is 14.4 Å². The SMILES string of the molecule is CC(=O)N[C@@H](CC(N)=O)C(=O)O.Cl. The van der Waals surface area contributed by atoms with E-state index in [0.717, 1.165) is 6.92 Å². The third-order valence-corrected chi connectivity index (χ3v) is 1.08. The third-order valence-electron chi connectivity index (χ3n) is 1.08. The Morgan fingerprint density at radius 3 is 2.15 bits per heavy atom. The van der Waals surface area contributed by atoms with Gasteiger partial charge in [-0.1, -0.05) is 0 Å². The lowest BCUT2D eigenvalue weighted by atomic mass is 10.2. The Labute approximate surface area is 80.9 Å². The Hall–Kier alpha value is -1.30. The summed E-state index contributed by atoms with van der Waals surface area (Å²) in [5, 5.41) is 10.5. The van der Waals surface area contributed by atoms with E-state index in [4.69, 9.17) is 10.8 Å². The van der Waals surface area contributed by atoms with Crippen LogP contribution in [0.25, 0.3) is 0 Å². The number of amides is 2. The number of halogens is 1. The highest BCUT2D eigenvalue weighted by Crippen LogP contribution is 1.90. The molecule has 0 aromatic rings. The Balaban J connectivity index is 0. The van der Waals surface area contributed by atoms with E-state index in [9.17, 15) is 14.4 Å². The standard InChI is InChI=1S/C6H10N2O4.ClH/c1-3(9)8-4(6(11)12)2-5(7)10;/h4H,2H2,1H3,(H2,7,10)(H,8,9)(H,11,12);1H/t4-;/m0./s1. The molecule has 0 aliphatic heterocycles. The maximum absolute atomic E-state index is 10.4. The second-order valence-electron chi connectivity index (χ2n) is 2.26. The van der Waals surface area contributed by atoms with Crippen LogP contribution in [0.5, 0.6) is 0 Å². The van der Waals surface area contributed by atoms with Crippen molar-refractivity contribution in [2.75, 3.05) is 0 Å². The van der Waals surface area contributed by atoms with Gasteiger partial charge in [-0.05, 0) is 0 Å². The fraction of sp³-hybridized carbons (Fsp3) is 0.500. The number of carboxylic acids is 1. The summed E-state index contributed by atoms with van der Waals surface area (Å²) in [5.74, 6) is -2.55. The average Bonchev–Trinajstić information content (AvgIpc) is 1.83. The molecule has 1 atom stereocenters. The molecule has 0 aliphatic carbocycles. The third kappa shape index (κ3) is 7.07. The van der Waals surface area contributed by atoms with Gasteiger partial charge in [0.1, 0.15) is 6.04 Å². The summed E-state index contributed by atoms with van der Waals surface area (Å²) in [6.07, 6.45) is -0.394. The van der Waals surface area contributed by atoms with Crippen molar-refractivity contribution in [2.45, 2.75) is 19.4 Å². The molecule has 4 N–H and O–H groups in total. The van der Waals surface area contributed by atoms with Crippen LogP contribution in [0.2, 0.25) is 0 Å². The molecule has 0 rings (SSSR count). The Bertz CT molecular complexity index is 203. The van der Waals surface area contributed by atoms with Gasteiger partial charge in [-0.15, -0.1) is 12.4 Å². The van der Waals surface area contributed by atoms with Crippen molar-refractivity contribution < 1.29 is 19.5 Å². The Morgan fingerprint density at radius 2 is 1.92 bits per heavy atom. The van der Waals surface area contributed by atoms with Crippen LogP contribution in [0.3, 0.4) is 0 Å². The lowest BCUT2D eigenvalue weighted by Gasteiger charge is -2.09. The van der Waals surface area contributed by atoms with Crippen molar-refractivity contribution in [1.82, 2.24) is 5.32 Å². The van der Waals surface area contributed by atoms with Crippen molar-refractivity contribution in [3.63, 3.8) is 0 Å². The van der Waals surface area contributed by atoms with E-state index in [1.807, 2.05) is 0 Å².